The number of rotatable bonds is 10. The van der Waals surface area contributed by atoms with E-state index in [2.05, 4.69) is 6.92 Å². The van der Waals surface area contributed by atoms with Gasteiger partial charge in [-0.1, -0.05) is 59.3 Å². The van der Waals surface area contributed by atoms with E-state index in [1.807, 2.05) is 13.8 Å². The monoisotopic (exact) mass is 228 g/mol. The highest BCUT2D eigenvalue weighted by molar-refractivity contribution is 5.80. The minimum absolute atomic E-state index is 0.0548. The van der Waals surface area contributed by atoms with Gasteiger partial charge in [-0.15, -0.1) is 0 Å². The Kier molecular flexibility index (Phi) is 9.60. The molecule has 2 heteroatoms. The Balaban J connectivity index is 3.37. The first-order chi connectivity index (χ1) is 7.57. The maximum atomic E-state index is 11.4. The van der Waals surface area contributed by atoms with Gasteiger partial charge in [-0.2, -0.15) is 0 Å². The van der Waals surface area contributed by atoms with Gasteiger partial charge in [0.1, 0.15) is 5.78 Å². The lowest BCUT2D eigenvalue weighted by Gasteiger charge is -2.11. The quantitative estimate of drug-likeness (QED) is 0.579. The maximum absolute atomic E-state index is 11.4. The molecule has 16 heavy (non-hydrogen) atoms. The fraction of sp³-hybridized carbons (Fsp3) is 0.929. The van der Waals surface area contributed by atoms with E-state index in [9.17, 15) is 9.90 Å². The van der Waals surface area contributed by atoms with Crippen LogP contribution >= 0.6 is 0 Å². The third-order valence-electron chi connectivity index (χ3n) is 2.97. The second kappa shape index (κ2) is 9.83. The molecule has 0 fully saturated rings. The van der Waals surface area contributed by atoms with Crippen molar-refractivity contribution >= 4 is 5.78 Å². The summed E-state index contributed by atoms with van der Waals surface area (Å²) >= 11 is 0. The van der Waals surface area contributed by atoms with Gasteiger partial charge in [-0.3, -0.25) is 4.79 Å². The van der Waals surface area contributed by atoms with E-state index in [1.54, 1.807) is 0 Å². The van der Waals surface area contributed by atoms with Crippen LogP contribution in [0.3, 0.4) is 0 Å². The molecule has 0 aromatic rings. The zero-order valence-corrected chi connectivity index (χ0v) is 11.2. The maximum Gasteiger partial charge on any atom is 0.137 e. The zero-order valence-electron chi connectivity index (χ0n) is 11.2. The van der Waals surface area contributed by atoms with Crippen molar-refractivity contribution in [3.8, 4) is 0 Å². The first-order valence-corrected chi connectivity index (χ1v) is 6.78. The third kappa shape index (κ3) is 8.90. The molecule has 0 spiro atoms. The highest BCUT2D eigenvalue weighted by Gasteiger charge is 2.13. The zero-order chi connectivity index (χ0) is 12.4. The van der Waals surface area contributed by atoms with Gasteiger partial charge in [-0.05, 0) is 6.42 Å². The Morgan fingerprint density at radius 2 is 1.62 bits per heavy atom. The number of aliphatic hydroxyl groups is 1. The molecule has 1 atom stereocenters. The number of hydrogen-bond donors (Lipinski definition) is 1. The van der Waals surface area contributed by atoms with Crippen LogP contribution in [-0.4, -0.2) is 17.0 Å². The summed E-state index contributed by atoms with van der Waals surface area (Å²) in [5, 5.41) is 9.65. The summed E-state index contributed by atoms with van der Waals surface area (Å²) in [5.74, 6) is 0.234. The van der Waals surface area contributed by atoms with E-state index >= 15 is 0 Å². The molecule has 0 aliphatic heterocycles. The molecular weight excluding hydrogens is 200 g/mol. The number of Topliss-reactive ketones (excluding diaryl/α,β-unsaturated/α-hetero) is 1. The van der Waals surface area contributed by atoms with E-state index in [0.29, 0.717) is 6.42 Å². The molecule has 1 N–H and O–H groups in total. The molecule has 0 aromatic heterocycles. The van der Waals surface area contributed by atoms with Crippen LogP contribution in [0.1, 0.15) is 72.1 Å². The molecule has 0 bridgehead atoms. The van der Waals surface area contributed by atoms with Crippen LogP contribution in [0.2, 0.25) is 0 Å². The Labute approximate surface area is 100 Å². The average molecular weight is 228 g/mol. The molecule has 0 unspecified atom stereocenters. The van der Waals surface area contributed by atoms with Crippen LogP contribution in [0.15, 0.2) is 0 Å². The van der Waals surface area contributed by atoms with Crippen molar-refractivity contribution in [2.45, 2.75) is 78.2 Å². The van der Waals surface area contributed by atoms with E-state index in [4.69, 9.17) is 0 Å². The smallest absolute Gasteiger partial charge is 0.137 e. The van der Waals surface area contributed by atoms with Crippen molar-refractivity contribution in [1.29, 1.82) is 0 Å². The molecular formula is C14H28O2. The Morgan fingerprint density at radius 3 is 2.19 bits per heavy atom. The fourth-order valence-electron chi connectivity index (χ4n) is 1.73. The molecule has 0 amide bonds. The van der Waals surface area contributed by atoms with Gasteiger partial charge >= 0.3 is 0 Å². The standard InChI is InChI=1S/C14H28O2/c1-4-5-6-7-8-9-10-13(15)11-14(16)12(2)3/h12-13,15H,4-11H2,1-3H3/t13-/m0/s1. The minimum Gasteiger partial charge on any atom is -0.393 e. The number of aliphatic hydroxyl groups excluding tert-OH is 1. The van der Waals surface area contributed by atoms with Crippen LogP contribution < -0.4 is 0 Å². The second-order valence-corrected chi connectivity index (χ2v) is 5.04. The van der Waals surface area contributed by atoms with Crippen molar-refractivity contribution in [2.24, 2.45) is 5.92 Å². The Hall–Kier alpha value is -0.370. The molecule has 0 saturated heterocycles. The largest absolute Gasteiger partial charge is 0.393 e. The molecule has 2 nitrogen and oxygen atoms in total. The lowest BCUT2D eigenvalue weighted by molar-refractivity contribution is -0.123. The predicted octanol–water partition coefficient (Wildman–Crippen LogP) is 3.71. The Morgan fingerprint density at radius 1 is 1.06 bits per heavy atom. The van der Waals surface area contributed by atoms with Crippen molar-refractivity contribution in [3.63, 3.8) is 0 Å². The first kappa shape index (κ1) is 15.6. The molecule has 0 aromatic carbocycles. The van der Waals surface area contributed by atoms with E-state index in [0.717, 1.165) is 12.8 Å². The first-order valence-electron chi connectivity index (χ1n) is 6.78. The number of hydrogen-bond acceptors (Lipinski definition) is 2. The molecule has 0 saturated carbocycles. The average Bonchev–Trinajstić information content (AvgIpc) is 2.23. The lowest BCUT2D eigenvalue weighted by atomic mass is 9.99. The van der Waals surface area contributed by atoms with Gasteiger partial charge in [-0.25, -0.2) is 0 Å². The van der Waals surface area contributed by atoms with Crippen LogP contribution in [0.25, 0.3) is 0 Å². The summed E-state index contributed by atoms with van der Waals surface area (Å²) in [7, 11) is 0. The van der Waals surface area contributed by atoms with Crippen LogP contribution in [0.5, 0.6) is 0 Å². The highest BCUT2D eigenvalue weighted by Crippen LogP contribution is 2.11. The Bertz CT molecular complexity index is 176. The fourth-order valence-corrected chi connectivity index (χ4v) is 1.73. The van der Waals surface area contributed by atoms with Crippen LogP contribution in [0, 0.1) is 5.92 Å². The molecule has 0 rings (SSSR count). The molecule has 0 aliphatic rings. The van der Waals surface area contributed by atoms with Crippen molar-refractivity contribution in [1.82, 2.24) is 0 Å². The van der Waals surface area contributed by atoms with Gasteiger partial charge in [0.15, 0.2) is 0 Å². The summed E-state index contributed by atoms with van der Waals surface area (Å²) in [6.07, 6.45) is 8.09. The molecule has 96 valence electrons. The second-order valence-electron chi connectivity index (χ2n) is 5.04. The molecule has 0 heterocycles. The molecule has 0 aliphatic carbocycles. The van der Waals surface area contributed by atoms with E-state index in [-0.39, 0.29) is 11.7 Å². The van der Waals surface area contributed by atoms with Crippen molar-refractivity contribution in [2.75, 3.05) is 0 Å². The van der Waals surface area contributed by atoms with Crippen LogP contribution in [0.4, 0.5) is 0 Å². The number of carbonyl (C=O) groups excluding carboxylic acids is 1. The van der Waals surface area contributed by atoms with E-state index < -0.39 is 6.10 Å². The normalized spacial score (nSPS) is 13.1. The summed E-state index contributed by atoms with van der Waals surface area (Å²) in [4.78, 5) is 11.4. The SMILES string of the molecule is CCCCCCCC[C@H](O)CC(=O)C(C)C. The van der Waals surface area contributed by atoms with Gasteiger partial charge in [0.05, 0.1) is 6.10 Å². The van der Waals surface area contributed by atoms with Gasteiger partial charge < -0.3 is 5.11 Å². The lowest BCUT2D eigenvalue weighted by Crippen LogP contribution is -2.17. The van der Waals surface area contributed by atoms with Gasteiger partial charge in [0.2, 0.25) is 0 Å². The number of unbranched alkanes of at least 4 members (excludes halogenated alkanes) is 5. The van der Waals surface area contributed by atoms with Gasteiger partial charge in [0.25, 0.3) is 0 Å². The minimum atomic E-state index is -0.416. The third-order valence-corrected chi connectivity index (χ3v) is 2.97. The number of ketones is 1. The van der Waals surface area contributed by atoms with Gasteiger partial charge in [0, 0.05) is 12.3 Å². The summed E-state index contributed by atoms with van der Waals surface area (Å²) in [5.41, 5.74) is 0. The summed E-state index contributed by atoms with van der Waals surface area (Å²) in [6.45, 7) is 5.99. The van der Waals surface area contributed by atoms with E-state index in [1.165, 1.54) is 32.1 Å². The predicted molar refractivity (Wildman–Crippen MR) is 68.5 cm³/mol. The summed E-state index contributed by atoms with van der Waals surface area (Å²) < 4.78 is 0. The van der Waals surface area contributed by atoms with Crippen LogP contribution in [-0.2, 0) is 4.79 Å². The molecule has 0 radical (unpaired) electrons. The number of carbonyl (C=O) groups is 1. The van der Waals surface area contributed by atoms with Crippen molar-refractivity contribution in [3.05, 3.63) is 0 Å². The summed E-state index contributed by atoms with van der Waals surface area (Å²) in [6, 6.07) is 0. The van der Waals surface area contributed by atoms with Crippen molar-refractivity contribution < 1.29 is 9.90 Å². The highest BCUT2D eigenvalue weighted by atomic mass is 16.3. The topological polar surface area (TPSA) is 37.3 Å².